The molecule has 0 aliphatic carbocycles. The van der Waals surface area contributed by atoms with Gasteiger partial charge in [-0.1, -0.05) is 35.3 Å². The largest absolute Gasteiger partial charge is 0.326 e. The molecule has 0 heterocycles. The van der Waals surface area contributed by atoms with E-state index in [0.29, 0.717) is 28.5 Å². The molecule has 0 aromatic heterocycles. The summed E-state index contributed by atoms with van der Waals surface area (Å²) >= 11 is 11.9. The second kappa shape index (κ2) is 9.93. The van der Waals surface area contributed by atoms with E-state index in [4.69, 9.17) is 28.5 Å². The van der Waals surface area contributed by atoms with Crippen LogP contribution in [0.5, 0.6) is 0 Å². The number of anilines is 2. The van der Waals surface area contributed by atoms with Crippen LogP contribution in [-0.2, 0) is 9.59 Å². The molecule has 0 aliphatic heterocycles. The average Bonchev–Trinajstić information content (AvgIpc) is 2.62. The van der Waals surface area contributed by atoms with E-state index in [9.17, 15) is 9.59 Å². The van der Waals surface area contributed by atoms with Crippen molar-refractivity contribution in [2.75, 3.05) is 30.8 Å². The van der Waals surface area contributed by atoms with Crippen molar-refractivity contribution < 1.29 is 9.59 Å². The van der Waals surface area contributed by atoms with Gasteiger partial charge in [-0.3, -0.25) is 14.5 Å². The first kappa shape index (κ1) is 20.7. The molecule has 27 heavy (non-hydrogen) atoms. The first-order valence-electron chi connectivity index (χ1n) is 8.11. The van der Waals surface area contributed by atoms with Gasteiger partial charge in [0, 0.05) is 18.7 Å². The third-order valence-electron chi connectivity index (χ3n) is 3.66. The molecule has 0 aliphatic rings. The Kier molecular flexibility index (Phi) is 7.62. The molecule has 0 bridgehead atoms. The van der Waals surface area contributed by atoms with E-state index in [2.05, 4.69) is 10.6 Å². The number of rotatable bonds is 7. The molecule has 2 amide bonds. The summed E-state index contributed by atoms with van der Waals surface area (Å²) in [5, 5.41) is 15.0. The van der Waals surface area contributed by atoms with Crippen molar-refractivity contribution in [1.82, 2.24) is 4.90 Å². The fraction of sp³-hybridized carbons (Fsp3) is 0.211. The fourth-order valence-corrected chi connectivity index (χ4v) is 2.68. The Morgan fingerprint density at radius 1 is 1.07 bits per heavy atom. The van der Waals surface area contributed by atoms with Gasteiger partial charge in [0.1, 0.15) is 6.07 Å². The van der Waals surface area contributed by atoms with E-state index >= 15 is 0 Å². The topological polar surface area (TPSA) is 85.2 Å². The molecule has 2 aromatic carbocycles. The molecular formula is C19H18Cl2N4O2. The standard InChI is InChI=1S/C19H18Cl2N4O2/c1-25(12-19(27)24-17-5-3-2-4-15(17)20)9-8-18(26)23-14-7-6-13(11-22)16(21)10-14/h2-7,10H,8-9,12H2,1H3,(H,23,26)(H,24,27). The van der Waals surface area contributed by atoms with E-state index in [0.717, 1.165) is 0 Å². The molecule has 140 valence electrons. The zero-order valence-corrected chi connectivity index (χ0v) is 16.1. The minimum Gasteiger partial charge on any atom is -0.326 e. The molecular weight excluding hydrogens is 387 g/mol. The Hall–Kier alpha value is -2.59. The maximum Gasteiger partial charge on any atom is 0.238 e. The third kappa shape index (κ3) is 6.57. The molecule has 8 heteroatoms. The molecule has 0 spiro atoms. The van der Waals surface area contributed by atoms with Gasteiger partial charge in [-0.15, -0.1) is 0 Å². The lowest BCUT2D eigenvalue weighted by molar-refractivity contribution is -0.119. The number of nitrogens with zero attached hydrogens (tertiary/aromatic N) is 2. The van der Waals surface area contributed by atoms with Gasteiger partial charge in [0.2, 0.25) is 11.8 Å². The molecule has 2 aromatic rings. The highest BCUT2D eigenvalue weighted by Crippen LogP contribution is 2.21. The predicted molar refractivity (Wildman–Crippen MR) is 107 cm³/mol. The maximum atomic E-state index is 12.1. The summed E-state index contributed by atoms with van der Waals surface area (Å²) in [6.45, 7) is 0.521. The van der Waals surface area contributed by atoms with E-state index < -0.39 is 0 Å². The number of likely N-dealkylation sites (N-methyl/N-ethyl adjacent to an activating group) is 1. The third-order valence-corrected chi connectivity index (χ3v) is 4.30. The van der Waals surface area contributed by atoms with Crippen molar-refractivity contribution in [3.8, 4) is 6.07 Å². The summed E-state index contributed by atoms with van der Waals surface area (Å²) in [6, 6.07) is 13.6. The van der Waals surface area contributed by atoms with Crippen LogP contribution in [0.15, 0.2) is 42.5 Å². The van der Waals surface area contributed by atoms with Crippen molar-refractivity contribution >= 4 is 46.4 Å². The van der Waals surface area contributed by atoms with Crippen LogP contribution >= 0.6 is 23.2 Å². The number of amides is 2. The molecule has 2 N–H and O–H groups in total. The minimum atomic E-state index is -0.218. The maximum absolute atomic E-state index is 12.1. The highest BCUT2D eigenvalue weighted by Gasteiger charge is 2.11. The number of nitriles is 1. The van der Waals surface area contributed by atoms with Crippen LogP contribution < -0.4 is 10.6 Å². The lowest BCUT2D eigenvalue weighted by atomic mass is 10.2. The highest BCUT2D eigenvalue weighted by atomic mass is 35.5. The van der Waals surface area contributed by atoms with Gasteiger partial charge in [0.05, 0.1) is 27.8 Å². The second-order valence-corrected chi connectivity index (χ2v) is 6.68. The molecule has 0 radical (unpaired) electrons. The van der Waals surface area contributed by atoms with Crippen molar-refractivity contribution in [1.29, 1.82) is 5.26 Å². The molecule has 6 nitrogen and oxygen atoms in total. The molecule has 0 saturated heterocycles. The Morgan fingerprint density at radius 3 is 2.48 bits per heavy atom. The van der Waals surface area contributed by atoms with Crippen LogP contribution in [0.25, 0.3) is 0 Å². The quantitative estimate of drug-likeness (QED) is 0.735. The van der Waals surface area contributed by atoms with E-state index in [1.54, 1.807) is 48.3 Å². The summed E-state index contributed by atoms with van der Waals surface area (Å²) in [5.74, 6) is -0.431. The van der Waals surface area contributed by atoms with E-state index in [-0.39, 0.29) is 29.8 Å². The summed E-state index contributed by atoms with van der Waals surface area (Å²) in [6.07, 6.45) is 0.202. The predicted octanol–water partition coefficient (Wildman–Crippen LogP) is 3.76. The highest BCUT2D eigenvalue weighted by molar-refractivity contribution is 6.33. The van der Waals surface area contributed by atoms with Crippen molar-refractivity contribution in [2.24, 2.45) is 0 Å². The van der Waals surface area contributed by atoms with Crippen LogP contribution in [0.1, 0.15) is 12.0 Å². The Morgan fingerprint density at radius 2 is 1.81 bits per heavy atom. The number of carbonyl (C=O) groups excluding carboxylic acids is 2. The van der Waals surface area contributed by atoms with Crippen LogP contribution in [0, 0.1) is 11.3 Å². The van der Waals surface area contributed by atoms with Gasteiger partial charge < -0.3 is 10.6 Å². The van der Waals surface area contributed by atoms with Crippen LogP contribution in [-0.4, -0.2) is 36.9 Å². The summed E-state index contributed by atoms with van der Waals surface area (Å²) in [5.41, 5.74) is 1.41. The summed E-state index contributed by atoms with van der Waals surface area (Å²) in [4.78, 5) is 25.8. The first-order chi connectivity index (χ1) is 12.9. The van der Waals surface area contributed by atoms with Crippen molar-refractivity contribution in [3.63, 3.8) is 0 Å². The fourth-order valence-electron chi connectivity index (χ4n) is 2.28. The van der Waals surface area contributed by atoms with Crippen molar-refractivity contribution in [3.05, 3.63) is 58.1 Å². The Labute approximate surface area is 167 Å². The monoisotopic (exact) mass is 404 g/mol. The second-order valence-electron chi connectivity index (χ2n) is 5.87. The van der Waals surface area contributed by atoms with E-state index in [1.165, 1.54) is 6.07 Å². The minimum absolute atomic E-state index is 0.126. The van der Waals surface area contributed by atoms with Gasteiger partial charge >= 0.3 is 0 Å². The number of carbonyl (C=O) groups is 2. The normalized spacial score (nSPS) is 10.3. The van der Waals surface area contributed by atoms with Crippen molar-refractivity contribution in [2.45, 2.75) is 6.42 Å². The van der Waals surface area contributed by atoms with Crippen LogP contribution in [0.4, 0.5) is 11.4 Å². The number of para-hydroxylation sites is 1. The van der Waals surface area contributed by atoms with Gasteiger partial charge in [-0.05, 0) is 37.4 Å². The van der Waals surface area contributed by atoms with Gasteiger partial charge in [0.15, 0.2) is 0 Å². The molecule has 0 saturated carbocycles. The number of hydrogen-bond acceptors (Lipinski definition) is 4. The number of hydrogen-bond donors (Lipinski definition) is 2. The lowest BCUT2D eigenvalue weighted by Gasteiger charge is -2.16. The number of benzene rings is 2. The zero-order valence-electron chi connectivity index (χ0n) is 14.6. The van der Waals surface area contributed by atoms with Crippen LogP contribution in [0.3, 0.4) is 0 Å². The first-order valence-corrected chi connectivity index (χ1v) is 8.87. The Bertz CT molecular complexity index is 880. The molecule has 2 rings (SSSR count). The van der Waals surface area contributed by atoms with Gasteiger partial charge in [-0.25, -0.2) is 0 Å². The zero-order chi connectivity index (χ0) is 19.8. The average molecular weight is 405 g/mol. The summed E-state index contributed by atoms with van der Waals surface area (Å²) in [7, 11) is 1.75. The smallest absolute Gasteiger partial charge is 0.238 e. The van der Waals surface area contributed by atoms with Gasteiger partial charge in [0.25, 0.3) is 0 Å². The SMILES string of the molecule is CN(CCC(=O)Nc1ccc(C#N)c(Cl)c1)CC(=O)Nc1ccccc1Cl. The number of halogens is 2. The molecule has 0 atom stereocenters. The Balaban J connectivity index is 1.77. The number of nitrogens with one attached hydrogen (secondary N) is 2. The molecule has 0 unspecified atom stereocenters. The van der Waals surface area contributed by atoms with Gasteiger partial charge in [-0.2, -0.15) is 5.26 Å². The summed E-state index contributed by atoms with van der Waals surface area (Å²) < 4.78 is 0. The lowest BCUT2D eigenvalue weighted by Crippen LogP contribution is -2.32. The molecule has 0 fully saturated rings. The van der Waals surface area contributed by atoms with E-state index in [1.807, 2.05) is 6.07 Å². The van der Waals surface area contributed by atoms with Crippen LogP contribution in [0.2, 0.25) is 10.0 Å².